The van der Waals surface area contributed by atoms with Gasteiger partial charge < -0.3 is 9.52 Å². The number of benzene rings is 2. The van der Waals surface area contributed by atoms with Crippen LogP contribution in [0.4, 0.5) is 0 Å². The third kappa shape index (κ3) is 5.14. The molecule has 1 aromatic heterocycles. The van der Waals surface area contributed by atoms with Crippen molar-refractivity contribution in [2.24, 2.45) is 0 Å². The average Bonchev–Trinajstić information content (AvgIpc) is 3.14. The molecule has 4 rings (SSSR count). The van der Waals surface area contributed by atoms with Crippen molar-refractivity contribution >= 4 is 38.7 Å². The minimum Gasteiger partial charge on any atom is -0.480 e. The number of aliphatic carboxylic acids is 1. The van der Waals surface area contributed by atoms with Crippen LogP contribution in [-0.2, 0) is 33.4 Å². The second-order valence-electron chi connectivity index (χ2n) is 7.71. The third-order valence-electron chi connectivity index (χ3n) is 5.50. The maximum atomic E-state index is 12.9. The van der Waals surface area contributed by atoms with Gasteiger partial charge in [-0.15, -0.1) is 0 Å². The Morgan fingerprint density at radius 3 is 2.68 bits per heavy atom. The Morgan fingerprint density at radius 1 is 1.13 bits per heavy atom. The van der Waals surface area contributed by atoms with Crippen LogP contribution in [0.15, 0.2) is 57.8 Å². The highest BCUT2D eigenvalue weighted by Crippen LogP contribution is 2.33. The van der Waals surface area contributed by atoms with Gasteiger partial charge in [0.1, 0.15) is 17.4 Å². The molecule has 0 radical (unpaired) electrons. The highest BCUT2D eigenvalue weighted by atomic mass is 32.2. The lowest BCUT2D eigenvalue weighted by molar-refractivity contribution is -0.139. The summed E-state index contributed by atoms with van der Waals surface area (Å²) >= 11 is 1.58. The Balaban J connectivity index is 1.43. The van der Waals surface area contributed by atoms with Crippen LogP contribution in [0, 0.1) is 0 Å². The van der Waals surface area contributed by atoms with E-state index in [1.165, 1.54) is 12.1 Å². The SMILES string of the molecule is O=C(O)[C@@H](CCSCc1ccccc1)NS(=O)(=O)c1ccc2c3c(oc2c1)CCCC3. The smallest absolute Gasteiger partial charge is 0.321 e. The normalized spacial score (nSPS) is 15.0. The number of aryl methyl sites for hydroxylation is 2. The summed E-state index contributed by atoms with van der Waals surface area (Å²) in [6, 6.07) is 13.5. The van der Waals surface area contributed by atoms with Gasteiger partial charge in [0.25, 0.3) is 0 Å². The topological polar surface area (TPSA) is 96.6 Å². The van der Waals surface area contributed by atoms with E-state index in [9.17, 15) is 18.3 Å². The lowest BCUT2D eigenvalue weighted by atomic mass is 9.96. The summed E-state index contributed by atoms with van der Waals surface area (Å²) in [4.78, 5) is 11.7. The van der Waals surface area contributed by atoms with Crippen molar-refractivity contribution in [3.05, 3.63) is 65.4 Å². The average molecular weight is 460 g/mol. The molecule has 164 valence electrons. The van der Waals surface area contributed by atoms with Gasteiger partial charge in [0.05, 0.1) is 4.90 Å². The Bertz CT molecular complexity index is 1170. The molecule has 1 heterocycles. The molecule has 1 aliphatic rings. The molecule has 1 atom stereocenters. The van der Waals surface area contributed by atoms with Crippen LogP contribution in [0.5, 0.6) is 0 Å². The molecular formula is C23H25NO5S2. The van der Waals surface area contributed by atoms with Gasteiger partial charge >= 0.3 is 5.97 Å². The van der Waals surface area contributed by atoms with Crippen LogP contribution in [0.1, 0.15) is 36.1 Å². The number of thioether (sulfide) groups is 1. The van der Waals surface area contributed by atoms with Crippen molar-refractivity contribution in [3.63, 3.8) is 0 Å². The summed E-state index contributed by atoms with van der Waals surface area (Å²) in [5.41, 5.74) is 2.85. The van der Waals surface area contributed by atoms with Crippen molar-refractivity contribution in [2.45, 2.75) is 48.8 Å². The molecule has 8 heteroatoms. The van der Waals surface area contributed by atoms with E-state index in [1.807, 2.05) is 30.3 Å². The van der Waals surface area contributed by atoms with Crippen LogP contribution in [0.2, 0.25) is 0 Å². The molecule has 0 unspecified atom stereocenters. The maximum absolute atomic E-state index is 12.9. The fraction of sp³-hybridized carbons (Fsp3) is 0.348. The molecule has 6 nitrogen and oxygen atoms in total. The summed E-state index contributed by atoms with van der Waals surface area (Å²) in [5, 5.41) is 10.5. The molecular weight excluding hydrogens is 434 g/mol. The molecule has 0 fully saturated rings. The zero-order valence-corrected chi connectivity index (χ0v) is 18.7. The first-order valence-corrected chi connectivity index (χ1v) is 13.0. The van der Waals surface area contributed by atoms with E-state index in [-0.39, 0.29) is 11.3 Å². The summed E-state index contributed by atoms with van der Waals surface area (Å²) in [6.07, 6.45) is 4.18. The van der Waals surface area contributed by atoms with Crippen LogP contribution < -0.4 is 4.72 Å². The first kappa shape index (κ1) is 21.9. The number of carboxylic acids is 1. The van der Waals surface area contributed by atoms with Gasteiger partial charge in [-0.1, -0.05) is 30.3 Å². The molecule has 2 aromatic carbocycles. The Kier molecular flexibility index (Phi) is 6.69. The number of hydrogen-bond donors (Lipinski definition) is 2. The van der Waals surface area contributed by atoms with Crippen molar-refractivity contribution in [1.82, 2.24) is 4.72 Å². The second-order valence-corrected chi connectivity index (χ2v) is 10.5. The molecule has 31 heavy (non-hydrogen) atoms. The minimum atomic E-state index is -3.99. The number of nitrogens with one attached hydrogen (secondary N) is 1. The van der Waals surface area contributed by atoms with E-state index in [4.69, 9.17) is 4.42 Å². The van der Waals surface area contributed by atoms with Crippen LogP contribution >= 0.6 is 11.8 Å². The van der Waals surface area contributed by atoms with E-state index in [0.717, 1.165) is 53.7 Å². The molecule has 2 N–H and O–H groups in total. The highest BCUT2D eigenvalue weighted by Gasteiger charge is 2.26. The van der Waals surface area contributed by atoms with E-state index in [2.05, 4.69) is 4.72 Å². The minimum absolute atomic E-state index is 0.0225. The zero-order chi connectivity index (χ0) is 21.8. The maximum Gasteiger partial charge on any atom is 0.321 e. The fourth-order valence-corrected chi connectivity index (χ4v) is 6.08. The molecule has 0 saturated heterocycles. The summed E-state index contributed by atoms with van der Waals surface area (Å²) < 4.78 is 34.0. The first-order chi connectivity index (χ1) is 14.9. The molecule has 0 bridgehead atoms. The number of rotatable bonds is 9. The molecule has 0 spiro atoms. The molecule has 3 aromatic rings. The summed E-state index contributed by atoms with van der Waals surface area (Å²) in [6.45, 7) is 0. The van der Waals surface area contributed by atoms with Crippen molar-refractivity contribution in [3.8, 4) is 0 Å². The van der Waals surface area contributed by atoms with Gasteiger partial charge in [0, 0.05) is 29.2 Å². The lowest BCUT2D eigenvalue weighted by Gasteiger charge is -2.15. The van der Waals surface area contributed by atoms with E-state index >= 15 is 0 Å². The van der Waals surface area contributed by atoms with Crippen molar-refractivity contribution in [2.75, 3.05) is 5.75 Å². The largest absolute Gasteiger partial charge is 0.480 e. The second kappa shape index (κ2) is 9.46. The van der Waals surface area contributed by atoms with Crippen molar-refractivity contribution in [1.29, 1.82) is 0 Å². The van der Waals surface area contributed by atoms with Crippen LogP contribution in [-0.4, -0.2) is 31.3 Å². The van der Waals surface area contributed by atoms with Gasteiger partial charge in [-0.05, 0) is 49.1 Å². The Hall–Kier alpha value is -2.29. The Labute approximate surface area is 186 Å². The first-order valence-electron chi connectivity index (χ1n) is 10.3. The number of sulfonamides is 1. The van der Waals surface area contributed by atoms with Gasteiger partial charge in [-0.25, -0.2) is 8.42 Å². The van der Waals surface area contributed by atoms with Crippen LogP contribution in [0.3, 0.4) is 0 Å². The van der Waals surface area contributed by atoms with E-state index in [0.29, 0.717) is 11.3 Å². The quantitative estimate of drug-likeness (QED) is 0.461. The van der Waals surface area contributed by atoms with Gasteiger partial charge in [-0.2, -0.15) is 16.5 Å². The van der Waals surface area contributed by atoms with E-state index in [1.54, 1.807) is 17.8 Å². The van der Waals surface area contributed by atoms with Gasteiger partial charge in [0.15, 0.2) is 0 Å². The summed E-state index contributed by atoms with van der Waals surface area (Å²) in [5.74, 6) is 1.03. The summed E-state index contributed by atoms with van der Waals surface area (Å²) in [7, 11) is -3.99. The Morgan fingerprint density at radius 2 is 1.90 bits per heavy atom. The molecule has 0 saturated carbocycles. The molecule has 0 aliphatic heterocycles. The zero-order valence-electron chi connectivity index (χ0n) is 17.0. The lowest BCUT2D eigenvalue weighted by Crippen LogP contribution is -2.41. The number of fused-ring (bicyclic) bond motifs is 3. The van der Waals surface area contributed by atoms with Gasteiger partial charge in [0.2, 0.25) is 10.0 Å². The predicted molar refractivity (Wildman–Crippen MR) is 122 cm³/mol. The molecule has 1 aliphatic carbocycles. The number of carbonyl (C=O) groups is 1. The van der Waals surface area contributed by atoms with Gasteiger partial charge in [-0.3, -0.25) is 4.79 Å². The predicted octanol–water partition coefficient (Wildman–Crippen LogP) is 4.37. The van der Waals surface area contributed by atoms with Crippen LogP contribution in [0.25, 0.3) is 11.0 Å². The monoisotopic (exact) mass is 459 g/mol. The number of carboxylic acid groups (broad SMARTS) is 1. The van der Waals surface area contributed by atoms with E-state index < -0.39 is 22.0 Å². The number of furan rings is 1. The third-order valence-corrected chi connectivity index (χ3v) is 8.03. The highest BCUT2D eigenvalue weighted by molar-refractivity contribution is 7.98. The number of hydrogen-bond acceptors (Lipinski definition) is 5. The van der Waals surface area contributed by atoms with Crippen molar-refractivity contribution < 1.29 is 22.7 Å². The standard InChI is InChI=1S/C23H25NO5S2/c25-23(26)20(12-13-30-15-16-6-2-1-3-7-16)24-31(27,28)17-10-11-19-18-8-4-5-9-21(18)29-22(19)14-17/h1-3,6-7,10-11,14,20,24H,4-5,8-9,12-13,15H2,(H,25,26)/t20-/m1/s1. The fourth-order valence-electron chi connectivity index (χ4n) is 3.87. The molecule has 0 amide bonds.